The molecule has 0 aliphatic heterocycles. The van der Waals surface area contributed by atoms with Crippen LogP contribution in [0.5, 0.6) is 0 Å². The number of hydrogen-bond donors (Lipinski definition) is 3. The lowest BCUT2D eigenvalue weighted by molar-refractivity contribution is -0.115. The summed E-state index contributed by atoms with van der Waals surface area (Å²) in [5.74, 6) is -0.355. The number of anilines is 1. The van der Waals surface area contributed by atoms with Gasteiger partial charge in [0.1, 0.15) is 0 Å². The van der Waals surface area contributed by atoms with E-state index in [9.17, 15) is 9.59 Å². The first-order chi connectivity index (χ1) is 13.6. The highest BCUT2D eigenvalue weighted by atomic mass is 35.5. The maximum absolute atomic E-state index is 12.6. The van der Waals surface area contributed by atoms with Crippen molar-refractivity contribution in [3.05, 3.63) is 64.7 Å². The summed E-state index contributed by atoms with van der Waals surface area (Å²) in [7, 11) is 0. The number of amides is 2. The molecular formula is C22H26ClN3O2. The molecule has 148 valence electrons. The molecule has 6 heteroatoms. The van der Waals surface area contributed by atoms with E-state index in [0.29, 0.717) is 22.8 Å². The zero-order chi connectivity index (χ0) is 19.8. The Balaban J connectivity index is 1.53. The first-order valence-corrected chi connectivity index (χ1v) is 10.1. The van der Waals surface area contributed by atoms with E-state index in [-0.39, 0.29) is 24.4 Å². The van der Waals surface area contributed by atoms with Crippen LogP contribution in [0.2, 0.25) is 5.02 Å². The highest BCUT2D eigenvalue weighted by Crippen LogP contribution is 2.22. The third-order valence-electron chi connectivity index (χ3n) is 4.89. The summed E-state index contributed by atoms with van der Waals surface area (Å²) in [5, 5.41) is 9.36. The summed E-state index contributed by atoms with van der Waals surface area (Å²) in [6.07, 6.45) is 5.53. The summed E-state index contributed by atoms with van der Waals surface area (Å²) >= 11 is 6.21. The summed E-state index contributed by atoms with van der Waals surface area (Å²) in [6.45, 7) is 0.797. The van der Waals surface area contributed by atoms with Gasteiger partial charge >= 0.3 is 0 Å². The Morgan fingerprint density at radius 1 is 1.00 bits per heavy atom. The molecular weight excluding hydrogens is 374 g/mol. The summed E-state index contributed by atoms with van der Waals surface area (Å²) in [5.41, 5.74) is 2.07. The smallest absolute Gasteiger partial charge is 0.253 e. The third kappa shape index (κ3) is 6.08. The van der Waals surface area contributed by atoms with Crippen molar-refractivity contribution < 1.29 is 9.59 Å². The van der Waals surface area contributed by atoms with Crippen molar-refractivity contribution in [3.8, 4) is 0 Å². The summed E-state index contributed by atoms with van der Waals surface area (Å²) < 4.78 is 0. The molecule has 2 amide bonds. The van der Waals surface area contributed by atoms with E-state index >= 15 is 0 Å². The van der Waals surface area contributed by atoms with Crippen LogP contribution in [-0.4, -0.2) is 24.4 Å². The molecule has 0 radical (unpaired) electrons. The van der Waals surface area contributed by atoms with Gasteiger partial charge in [-0.1, -0.05) is 61.2 Å². The van der Waals surface area contributed by atoms with Crippen molar-refractivity contribution in [2.24, 2.45) is 0 Å². The SMILES string of the molecule is O=C(CNCc1ccccc1)Nc1ccc(Cl)c(C(=O)NC2CCCCC2)c1. The number of benzene rings is 2. The Kier molecular flexibility index (Phi) is 7.46. The van der Waals surface area contributed by atoms with E-state index in [1.807, 2.05) is 30.3 Å². The van der Waals surface area contributed by atoms with Crippen LogP contribution in [0, 0.1) is 0 Å². The highest BCUT2D eigenvalue weighted by Gasteiger charge is 2.18. The Bertz CT molecular complexity index is 805. The van der Waals surface area contributed by atoms with Crippen LogP contribution in [0.25, 0.3) is 0 Å². The van der Waals surface area contributed by atoms with Crippen molar-refractivity contribution >= 4 is 29.1 Å². The molecule has 1 aliphatic rings. The minimum absolute atomic E-state index is 0.170. The fourth-order valence-corrected chi connectivity index (χ4v) is 3.61. The highest BCUT2D eigenvalue weighted by molar-refractivity contribution is 6.34. The molecule has 3 rings (SSSR count). The molecule has 1 saturated carbocycles. The van der Waals surface area contributed by atoms with E-state index in [0.717, 1.165) is 31.2 Å². The molecule has 0 spiro atoms. The van der Waals surface area contributed by atoms with Gasteiger partial charge in [-0.05, 0) is 36.6 Å². The van der Waals surface area contributed by atoms with Gasteiger partial charge in [-0.15, -0.1) is 0 Å². The van der Waals surface area contributed by atoms with E-state index in [1.54, 1.807) is 18.2 Å². The summed E-state index contributed by atoms with van der Waals surface area (Å²) in [6, 6.07) is 15.1. The topological polar surface area (TPSA) is 70.2 Å². The molecule has 2 aromatic rings. The van der Waals surface area contributed by atoms with Crippen LogP contribution >= 0.6 is 11.6 Å². The molecule has 0 atom stereocenters. The number of nitrogens with one attached hydrogen (secondary N) is 3. The van der Waals surface area contributed by atoms with Crippen LogP contribution < -0.4 is 16.0 Å². The maximum atomic E-state index is 12.6. The summed E-state index contributed by atoms with van der Waals surface area (Å²) in [4.78, 5) is 24.8. The Morgan fingerprint density at radius 3 is 2.50 bits per heavy atom. The first-order valence-electron chi connectivity index (χ1n) is 9.77. The van der Waals surface area contributed by atoms with Gasteiger partial charge in [0, 0.05) is 18.3 Å². The zero-order valence-corrected chi connectivity index (χ0v) is 16.6. The molecule has 28 heavy (non-hydrogen) atoms. The number of rotatable bonds is 7. The van der Waals surface area contributed by atoms with Crippen LogP contribution in [-0.2, 0) is 11.3 Å². The van der Waals surface area contributed by atoms with Gasteiger partial charge in [-0.25, -0.2) is 0 Å². The van der Waals surface area contributed by atoms with E-state index < -0.39 is 0 Å². The quantitative estimate of drug-likeness (QED) is 0.655. The van der Waals surface area contributed by atoms with Crippen molar-refractivity contribution in [1.29, 1.82) is 0 Å². The molecule has 0 saturated heterocycles. The molecule has 1 fully saturated rings. The Labute approximate surface area is 170 Å². The Morgan fingerprint density at radius 2 is 1.75 bits per heavy atom. The van der Waals surface area contributed by atoms with Crippen molar-refractivity contribution in [2.75, 3.05) is 11.9 Å². The average Bonchev–Trinajstić information content (AvgIpc) is 2.71. The second-order valence-corrected chi connectivity index (χ2v) is 7.55. The third-order valence-corrected chi connectivity index (χ3v) is 5.22. The fourth-order valence-electron chi connectivity index (χ4n) is 3.41. The number of carbonyl (C=O) groups is 2. The lowest BCUT2D eigenvalue weighted by atomic mass is 9.95. The molecule has 0 unspecified atom stereocenters. The largest absolute Gasteiger partial charge is 0.349 e. The average molecular weight is 400 g/mol. The molecule has 3 N–H and O–H groups in total. The van der Waals surface area contributed by atoms with Gasteiger partial charge in [0.25, 0.3) is 5.91 Å². The molecule has 0 aromatic heterocycles. The molecule has 5 nitrogen and oxygen atoms in total. The van der Waals surface area contributed by atoms with Crippen LogP contribution in [0.4, 0.5) is 5.69 Å². The van der Waals surface area contributed by atoms with Gasteiger partial charge in [0.05, 0.1) is 17.1 Å². The number of hydrogen-bond acceptors (Lipinski definition) is 3. The fraction of sp³-hybridized carbons (Fsp3) is 0.364. The monoisotopic (exact) mass is 399 g/mol. The van der Waals surface area contributed by atoms with E-state index in [1.165, 1.54) is 6.42 Å². The van der Waals surface area contributed by atoms with Gasteiger partial charge in [-0.3, -0.25) is 9.59 Å². The Hall–Kier alpha value is -2.37. The molecule has 0 bridgehead atoms. The standard InChI is InChI=1S/C22H26ClN3O2/c23-20-12-11-18(13-19(20)22(28)26-17-9-5-2-6-10-17)25-21(27)15-24-14-16-7-3-1-4-8-16/h1,3-4,7-8,11-13,17,24H,2,5-6,9-10,14-15H2,(H,25,27)(H,26,28). The van der Waals surface area contributed by atoms with Crippen molar-refractivity contribution in [1.82, 2.24) is 10.6 Å². The van der Waals surface area contributed by atoms with Crippen molar-refractivity contribution in [2.45, 2.75) is 44.7 Å². The minimum atomic E-state index is -0.185. The van der Waals surface area contributed by atoms with Gasteiger partial charge in [0.2, 0.25) is 5.91 Å². The van der Waals surface area contributed by atoms with Crippen LogP contribution in [0.3, 0.4) is 0 Å². The predicted molar refractivity (Wildman–Crippen MR) is 113 cm³/mol. The molecule has 2 aromatic carbocycles. The maximum Gasteiger partial charge on any atom is 0.253 e. The minimum Gasteiger partial charge on any atom is -0.349 e. The normalized spacial score (nSPS) is 14.5. The predicted octanol–water partition coefficient (Wildman–Crippen LogP) is 4.13. The zero-order valence-electron chi connectivity index (χ0n) is 15.8. The van der Waals surface area contributed by atoms with E-state index in [2.05, 4.69) is 16.0 Å². The van der Waals surface area contributed by atoms with E-state index in [4.69, 9.17) is 11.6 Å². The lowest BCUT2D eigenvalue weighted by Crippen LogP contribution is -2.36. The number of halogens is 1. The molecule has 0 heterocycles. The van der Waals surface area contributed by atoms with Crippen molar-refractivity contribution in [3.63, 3.8) is 0 Å². The second kappa shape index (κ2) is 10.2. The van der Waals surface area contributed by atoms with Crippen LogP contribution in [0.15, 0.2) is 48.5 Å². The van der Waals surface area contributed by atoms with Gasteiger partial charge in [0.15, 0.2) is 0 Å². The molecule has 1 aliphatic carbocycles. The second-order valence-electron chi connectivity index (χ2n) is 7.14. The lowest BCUT2D eigenvalue weighted by Gasteiger charge is -2.23. The van der Waals surface area contributed by atoms with Gasteiger partial charge < -0.3 is 16.0 Å². The van der Waals surface area contributed by atoms with Gasteiger partial charge in [-0.2, -0.15) is 0 Å². The number of carbonyl (C=O) groups excluding carboxylic acids is 2. The first kappa shape index (κ1) is 20.4. The van der Waals surface area contributed by atoms with Crippen LogP contribution in [0.1, 0.15) is 48.0 Å².